The topological polar surface area (TPSA) is 78.7 Å². The molecule has 0 heterocycles. The van der Waals surface area contributed by atoms with Crippen LogP contribution >= 0.6 is 0 Å². The molecule has 0 aromatic heterocycles. The number of allylic oxidation sites excluding steroid dienone is 3. The normalized spacial score (nSPS) is 11.4. The van der Waals surface area contributed by atoms with Crippen molar-refractivity contribution in [2.75, 3.05) is 7.11 Å². The van der Waals surface area contributed by atoms with E-state index in [1.165, 1.54) is 30.3 Å². The highest BCUT2D eigenvalue weighted by molar-refractivity contribution is 5.85. The van der Waals surface area contributed by atoms with Gasteiger partial charge in [-0.3, -0.25) is 10.1 Å². The van der Waals surface area contributed by atoms with Crippen LogP contribution in [0.4, 0.5) is 5.69 Å². The maximum atomic E-state index is 11.9. The number of benzene rings is 2. The van der Waals surface area contributed by atoms with Gasteiger partial charge in [-0.05, 0) is 41.8 Å². The van der Waals surface area contributed by atoms with E-state index in [1.807, 2.05) is 30.3 Å². The number of rotatable bonds is 8. The number of nitro benzene ring substituents is 1. The molecule has 0 N–H and O–H groups in total. The molecule has 0 amide bonds. The van der Waals surface area contributed by atoms with Gasteiger partial charge in [0, 0.05) is 18.2 Å². The molecule has 27 heavy (non-hydrogen) atoms. The SMILES string of the molecule is CCC/C(=C\C=C\C(=O)Oc1ccc([N+](=O)[O-])cc1)c1ccc(OC)cc1. The standard InChI is InChI=1S/C21H21NO5/c1-3-5-16(17-8-12-19(26-2)13-9-17)6-4-7-21(23)27-20-14-10-18(11-15-20)22(24)25/h4,6-15H,3,5H2,1-2H3/b7-4+,16-6+. The van der Waals surface area contributed by atoms with Crippen molar-refractivity contribution in [2.45, 2.75) is 19.8 Å². The molecule has 0 atom stereocenters. The van der Waals surface area contributed by atoms with Crippen LogP contribution in [0.1, 0.15) is 25.3 Å². The Labute approximate surface area is 157 Å². The zero-order chi connectivity index (χ0) is 19.6. The lowest BCUT2D eigenvalue weighted by Crippen LogP contribution is -2.03. The number of carbonyl (C=O) groups excluding carboxylic acids is 1. The summed E-state index contributed by atoms with van der Waals surface area (Å²) in [7, 11) is 1.62. The fourth-order valence-corrected chi connectivity index (χ4v) is 2.43. The highest BCUT2D eigenvalue weighted by Crippen LogP contribution is 2.23. The van der Waals surface area contributed by atoms with Crippen LogP contribution in [0.15, 0.2) is 66.8 Å². The van der Waals surface area contributed by atoms with Crippen LogP contribution in [-0.2, 0) is 4.79 Å². The molecule has 2 aromatic carbocycles. The summed E-state index contributed by atoms with van der Waals surface area (Å²) in [6.45, 7) is 2.09. The van der Waals surface area contributed by atoms with Gasteiger partial charge < -0.3 is 9.47 Å². The number of carbonyl (C=O) groups is 1. The van der Waals surface area contributed by atoms with Gasteiger partial charge in [0.1, 0.15) is 11.5 Å². The second-order valence-electron chi connectivity index (χ2n) is 5.70. The summed E-state index contributed by atoms with van der Waals surface area (Å²) in [5.74, 6) is 0.491. The van der Waals surface area contributed by atoms with Crippen LogP contribution in [0, 0.1) is 10.1 Å². The number of hydrogen-bond acceptors (Lipinski definition) is 5. The second kappa shape index (κ2) is 9.91. The van der Waals surface area contributed by atoms with E-state index >= 15 is 0 Å². The third-order valence-electron chi connectivity index (χ3n) is 3.78. The number of nitrogens with zero attached hydrogens (tertiary/aromatic N) is 1. The molecule has 2 aromatic rings. The number of non-ortho nitro benzene ring substituents is 1. The van der Waals surface area contributed by atoms with Crippen molar-refractivity contribution in [3.05, 3.63) is 82.4 Å². The first-order chi connectivity index (χ1) is 13.0. The van der Waals surface area contributed by atoms with Crippen molar-refractivity contribution in [3.8, 4) is 11.5 Å². The van der Waals surface area contributed by atoms with E-state index in [1.54, 1.807) is 13.2 Å². The highest BCUT2D eigenvalue weighted by atomic mass is 16.6. The molecule has 2 rings (SSSR count). The molecule has 0 spiro atoms. The van der Waals surface area contributed by atoms with Gasteiger partial charge in [-0.1, -0.05) is 37.6 Å². The van der Waals surface area contributed by atoms with Crippen LogP contribution in [0.25, 0.3) is 5.57 Å². The molecule has 0 radical (unpaired) electrons. The summed E-state index contributed by atoms with van der Waals surface area (Å²) in [5, 5.41) is 10.6. The van der Waals surface area contributed by atoms with E-state index in [-0.39, 0.29) is 11.4 Å². The number of nitro groups is 1. The first-order valence-electron chi connectivity index (χ1n) is 8.51. The van der Waals surface area contributed by atoms with Crippen molar-refractivity contribution < 1.29 is 19.2 Å². The van der Waals surface area contributed by atoms with Crippen molar-refractivity contribution in [2.24, 2.45) is 0 Å². The summed E-state index contributed by atoms with van der Waals surface area (Å²) >= 11 is 0. The third-order valence-corrected chi connectivity index (χ3v) is 3.78. The second-order valence-corrected chi connectivity index (χ2v) is 5.70. The van der Waals surface area contributed by atoms with Crippen molar-refractivity contribution in [1.29, 1.82) is 0 Å². The third kappa shape index (κ3) is 6.11. The van der Waals surface area contributed by atoms with Gasteiger partial charge in [0.2, 0.25) is 0 Å². The predicted octanol–water partition coefficient (Wildman–Crippen LogP) is 4.95. The van der Waals surface area contributed by atoms with Gasteiger partial charge in [0.05, 0.1) is 12.0 Å². The van der Waals surface area contributed by atoms with E-state index in [4.69, 9.17) is 9.47 Å². The number of methoxy groups -OCH3 is 1. The maximum Gasteiger partial charge on any atom is 0.336 e. The van der Waals surface area contributed by atoms with E-state index in [0.717, 1.165) is 29.7 Å². The zero-order valence-electron chi connectivity index (χ0n) is 15.3. The molecule has 0 aliphatic carbocycles. The molecule has 0 fully saturated rings. The monoisotopic (exact) mass is 367 g/mol. The molecular formula is C21H21NO5. The molecule has 6 nitrogen and oxygen atoms in total. The summed E-state index contributed by atoms with van der Waals surface area (Å²) in [6, 6.07) is 13.1. The lowest BCUT2D eigenvalue weighted by atomic mass is 10.0. The minimum absolute atomic E-state index is 0.0584. The Balaban J connectivity index is 2.03. The van der Waals surface area contributed by atoms with E-state index < -0.39 is 10.9 Å². The van der Waals surface area contributed by atoms with Crippen LogP contribution in [0.5, 0.6) is 11.5 Å². The molecule has 0 saturated heterocycles. The van der Waals surface area contributed by atoms with Gasteiger partial charge in [-0.2, -0.15) is 0 Å². The summed E-state index contributed by atoms with van der Waals surface area (Å²) in [5.41, 5.74) is 2.10. The van der Waals surface area contributed by atoms with Gasteiger partial charge in [0.25, 0.3) is 5.69 Å². The molecule has 6 heteroatoms. The number of esters is 1. The first kappa shape index (κ1) is 19.9. The lowest BCUT2D eigenvalue weighted by molar-refractivity contribution is -0.384. The minimum atomic E-state index is -0.550. The predicted molar refractivity (Wildman–Crippen MR) is 104 cm³/mol. The Kier molecular flexibility index (Phi) is 7.31. The van der Waals surface area contributed by atoms with Crippen molar-refractivity contribution in [3.63, 3.8) is 0 Å². The fourth-order valence-electron chi connectivity index (χ4n) is 2.43. The van der Waals surface area contributed by atoms with Gasteiger partial charge in [0.15, 0.2) is 0 Å². The quantitative estimate of drug-likeness (QED) is 0.165. The average molecular weight is 367 g/mol. The number of hydrogen-bond donors (Lipinski definition) is 0. The van der Waals surface area contributed by atoms with Crippen molar-refractivity contribution in [1.82, 2.24) is 0 Å². The fraction of sp³-hybridized carbons (Fsp3) is 0.190. The summed E-state index contributed by atoms with van der Waals surface area (Å²) in [6.07, 6.45) is 6.68. The Morgan fingerprint density at radius 2 is 1.70 bits per heavy atom. The van der Waals surface area contributed by atoms with Crippen LogP contribution in [0.2, 0.25) is 0 Å². The highest BCUT2D eigenvalue weighted by Gasteiger charge is 2.06. The number of ether oxygens (including phenoxy) is 2. The lowest BCUT2D eigenvalue weighted by Gasteiger charge is -2.07. The van der Waals surface area contributed by atoms with Crippen molar-refractivity contribution >= 4 is 17.2 Å². The Bertz CT molecular complexity index is 836. The smallest absolute Gasteiger partial charge is 0.336 e. The van der Waals surface area contributed by atoms with Gasteiger partial charge >= 0.3 is 5.97 Å². The molecule has 140 valence electrons. The molecule has 0 bridgehead atoms. The molecular weight excluding hydrogens is 346 g/mol. The van der Waals surface area contributed by atoms with Crippen LogP contribution in [-0.4, -0.2) is 18.0 Å². The molecule has 0 aliphatic rings. The van der Waals surface area contributed by atoms with Crippen LogP contribution in [0.3, 0.4) is 0 Å². The maximum absolute atomic E-state index is 11.9. The Morgan fingerprint density at radius 1 is 1.07 bits per heavy atom. The molecule has 0 saturated carbocycles. The summed E-state index contributed by atoms with van der Waals surface area (Å²) in [4.78, 5) is 22.0. The Hall–Kier alpha value is -3.41. The summed E-state index contributed by atoms with van der Waals surface area (Å²) < 4.78 is 10.3. The largest absolute Gasteiger partial charge is 0.497 e. The van der Waals surface area contributed by atoms with Gasteiger partial charge in [-0.15, -0.1) is 0 Å². The van der Waals surface area contributed by atoms with Gasteiger partial charge in [-0.25, -0.2) is 4.79 Å². The van der Waals surface area contributed by atoms with Crippen LogP contribution < -0.4 is 9.47 Å². The van der Waals surface area contributed by atoms with E-state index in [2.05, 4.69) is 6.92 Å². The Morgan fingerprint density at radius 3 is 2.26 bits per heavy atom. The van der Waals surface area contributed by atoms with E-state index in [9.17, 15) is 14.9 Å². The minimum Gasteiger partial charge on any atom is -0.497 e. The molecule has 0 aliphatic heterocycles. The zero-order valence-corrected chi connectivity index (χ0v) is 15.3. The first-order valence-corrected chi connectivity index (χ1v) is 8.51. The van der Waals surface area contributed by atoms with E-state index in [0.29, 0.717) is 0 Å². The molecule has 0 unspecified atom stereocenters. The average Bonchev–Trinajstić information content (AvgIpc) is 2.68.